The molecule has 0 saturated carbocycles. The second-order valence-corrected chi connectivity index (χ2v) is 4.90. The van der Waals surface area contributed by atoms with Crippen molar-refractivity contribution in [1.29, 1.82) is 0 Å². The molecule has 0 aliphatic heterocycles. The summed E-state index contributed by atoms with van der Waals surface area (Å²) < 4.78 is 20.9. The first-order valence-corrected chi connectivity index (χ1v) is 6.38. The average molecular weight is 318 g/mol. The van der Waals surface area contributed by atoms with Crippen LogP contribution in [0.4, 0.5) is 0 Å². The lowest BCUT2D eigenvalue weighted by molar-refractivity contribution is 0.101. The Hall–Kier alpha value is -1.22. The third-order valence-electron chi connectivity index (χ3n) is 2.31. The predicted molar refractivity (Wildman–Crippen MR) is 78.0 cm³/mol. The van der Waals surface area contributed by atoms with Crippen LogP contribution in [0.15, 0.2) is 36.4 Å². The van der Waals surface area contributed by atoms with Crippen LogP contribution in [0.5, 0.6) is 11.5 Å². The monoisotopic (exact) mass is 316 g/mol. The molecule has 0 radical (unpaired) electrons. The fourth-order valence-electron chi connectivity index (χ4n) is 1.45. The number of ether oxygens (including phenoxy) is 1. The smallest absolute Gasteiger partial charge is 0.163 e. The van der Waals surface area contributed by atoms with Crippen molar-refractivity contribution in [3.05, 3.63) is 57.0 Å². The summed E-state index contributed by atoms with van der Waals surface area (Å²) in [7, 11) is 0. The van der Waals surface area contributed by atoms with Gasteiger partial charge in [-0.2, -0.15) is 0 Å². The Morgan fingerprint density at radius 2 is 1.89 bits per heavy atom. The third kappa shape index (κ3) is 3.41. The van der Waals surface area contributed by atoms with Crippen molar-refractivity contribution in [3.8, 4) is 11.5 Å². The summed E-state index contributed by atoms with van der Waals surface area (Å²) in [6.45, 7) is 1.38. The largest absolute Gasteiger partial charge is 0.455 e. The van der Waals surface area contributed by atoms with Gasteiger partial charge in [0.1, 0.15) is 11.5 Å². The molecule has 0 amide bonds. The molecule has 0 unspecified atom stereocenters. The SMILES string of the molecule is [2H]c1cc(Oc2ccc(Cl)cc2C(C)=O)c(Cl)c([2H])c1Cl. The van der Waals surface area contributed by atoms with Crippen LogP contribution in [0.25, 0.3) is 0 Å². The van der Waals surface area contributed by atoms with Crippen LogP contribution in [0.2, 0.25) is 15.1 Å². The van der Waals surface area contributed by atoms with E-state index in [1.807, 2.05) is 0 Å². The van der Waals surface area contributed by atoms with Gasteiger partial charge < -0.3 is 4.74 Å². The number of hydrogen-bond donors (Lipinski definition) is 0. The first-order chi connectivity index (χ1) is 9.81. The molecule has 0 fully saturated rings. The number of carbonyl (C=O) groups excluding carboxylic acids is 1. The molecule has 0 aliphatic carbocycles. The number of carbonyl (C=O) groups is 1. The minimum atomic E-state index is -0.227. The van der Waals surface area contributed by atoms with E-state index < -0.39 is 0 Å². The van der Waals surface area contributed by atoms with Gasteiger partial charge in [0.05, 0.1) is 13.3 Å². The van der Waals surface area contributed by atoms with Crippen LogP contribution in [-0.4, -0.2) is 5.78 Å². The minimum absolute atomic E-state index is 0.0274. The van der Waals surface area contributed by atoms with E-state index in [4.69, 9.17) is 42.3 Å². The lowest BCUT2D eigenvalue weighted by Gasteiger charge is -2.11. The lowest BCUT2D eigenvalue weighted by atomic mass is 10.1. The van der Waals surface area contributed by atoms with Gasteiger partial charge in [-0.1, -0.05) is 34.8 Å². The Kier molecular flexibility index (Phi) is 3.56. The maximum absolute atomic E-state index is 11.6. The van der Waals surface area contributed by atoms with E-state index in [-0.39, 0.29) is 45.0 Å². The van der Waals surface area contributed by atoms with E-state index in [0.717, 1.165) is 0 Å². The van der Waals surface area contributed by atoms with E-state index in [9.17, 15) is 4.79 Å². The number of benzene rings is 2. The van der Waals surface area contributed by atoms with E-state index >= 15 is 0 Å². The summed E-state index contributed by atoms with van der Waals surface area (Å²) in [6, 6.07) is 5.58. The summed E-state index contributed by atoms with van der Waals surface area (Å²) >= 11 is 17.6. The molecule has 0 spiro atoms. The van der Waals surface area contributed by atoms with Gasteiger partial charge in [-0.3, -0.25) is 4.79 Å². The van der Waals surface area contributed by atoms with Crippen molar-refractivity contribution in [2.24, 2.45) is 0 Å². The second-order valence-electron chi connectivity index (χ2n) is 3.70. The van der Waals surface area contributed by atoms with Crippen LogP contribution >= 0.6 is 34.8 Å². The van der Waals surface area contributed by atoms with Gasteiger partial charge in [0.15, 0.2) is 5.78 Å². The highest BCUT2D eigenvalue weighted by Gasteiger charge is 2.12. The third-order valence-corrected chi connectivity index (χ3v) is 3.03. The zero-order valence-electron chi connectivity index (χ0n) is 11.8. The highest BCUT2D eigenvalue weighted by Crippen LogP contribution is 2.34. The van der Waals surface area contributed by atoms with Crippen molar-refractivity contribution >= 4 is 40.6 Å². The molecule has 0 N–H and O–H groups in total. The van der Waals surface area contributed by atoms with Crippen LogP contribution < -0.4 is 4.74 Å². The van der Waals surface area contributed by atoms with Gasteiger partial charge >= 0.3 is 0 Å². The lowest BCUT2D eigenvalue weighted by Crippen LogP contribution is -1.97. The van der Waals surface area contributed by atoms with Gasteiger partial charge in [-0.25, -0.2) is 0 Å². The Morgan fingerprint density at radius 1 is 1.16 bits per heavy atom. The van der Waals surface area contributed by atoms with Crippen LogP contribution in [0, 0.1) is 0 Å². The molecule has 0 aromatic heterocycles. The summed E-state index contributed by atoms with van der Waals surface area (Å²) in [6.07, 6.45) is 0. The van der Waals surface area contributed by atoms with Gasteiger partial charge in [0.2, 0.25) is 0 Å². The van der Waals surface area contributed by atoms with Gasteiger partial charge in [-0.15, -0.1) is 0 Å². The summed E-state index contributed by atoms with van der Waals surface area (Å²) in [5, 5.41) is 0.313. The molecular weight excluding hydrogens is 307 g/mol. The van der Waals surface area contributed by atoms with E-state index in [0.29, 0.717) is 5.02 Å². The molecule has 0 aliphatic rings. The fourth-order valence-corrected chi connectivity index (χ4v) is 2.00. The van der Waals surface area contributed by atoms with Crippen molar-refractivity contribution in [3.63, 3.8) is 0 Å². The summed E-state index contributed by atoms with van der Waals surface area (Å²) in [5.74, 6) is 0.102. The first kappa shape index (κ1) is 11.6. The van der Waals surface area contributed by atoms with Crippen LogP contribution in [0.1, 0.15) is 20.0 Å². The fraction of sp³-hybridized carbons (Fsp3) is 0.0714. The molecule has 2 nitrogen and oxygen atoms in total. The van der Waals surface area contributed by atoms with Crippen LogP contribution in [-0.2, 0) is 0 Å². The standard InChI is InChI=1S/C14H9Cl3O2/c1-8(18)11-6-9(15)2-4-13(11)19-14-5-3-10(16)7-12(14)17/h2-7H,1H3/i3D,7D. The van der Waals surface area contributed by atoms with Crippen molar-refractivity contribution in [1.82, 2.24) is 0 Å². The minimum Gasteiger partial charge on any atom is -0.455 e. The second kappa shape index (κ2) is 5.83. The summed E-state index contributed by atoms with van der Waals surface area (Å²) in [5.41, 5.74) is 0.284. The van der Waals surface area contributed by atoms with Crippen molar-refractivity contribution < 1.29 is 12.3 Å². The molecule has 2 aromatic rings. The number of ketones is 1. The average Bonchev–Trinajstić information content (AvgIpc) is 2.44. The van der Waals surface area contributed by atoms with Crippen molar-refractivity contribution in [2.45, 2.75) is 6.92 Å². The Morgan fingerprint density at radius 3 is 2.58 bits per heavy atom. The number of Topliss-reactive ketones (excluding diaryl/α,β-unsaturated/α-hetero) is 1. The van der Waals surface area contributed by atoms with Gasteiger partial charge in [-0.05, 0) is 43.3 Å². The number of rotatable bonds is 3. The molecule has 0 heterocycles. The zero-order chi connectivity index (χ0) is 15.7. The Labute approximate surface area is 128 Å². The van der Waals surface area contributed by atoms with Gasteiger partial charge in [0, 0.05) is 10.0 Å². The molecular formula is C14H9Cl3O2. The predicted octanol–water partition coefficient (Wildman–Crippen LogP) is 5.64. The quantitative estimate of drug-likeness (QED) is 0.685. The Balaban J connectivity index is 2.51. The molecule has 19 heavy (non-hydrogen) atoms. The van der Waals surface area contributed by atoms with E-state index in [1.54, 1.807) is 6.07 Å². The molecule has 2 aromatic carbocycles. The van der Waals surface area contributed by atoms with Gasteiger partial charge in [0.25, 0.3) is 0 Å². The molecule has 0 saturated heterocycles. The molecule has 0 bridgehead atoms. The maximum atomic E-state index is 11.6. The van der Waals surface area contributed by atoms with E-state index in [2.05, 4.69) is 0 Å². The molecule has 0 atom stereocenters. The summed E-state index contributed by atoms with van der Waals surface area (Å²) in [4.78, 5) is 11.6. The number of halogens is 3. The highest BCUT2D eigenvalue weighted by atomic mass is 35.5. The maximum Gasteiger partial charge on any atom is 0.163 e. The highest BCUT2D eigenvalue weighted by molar-refractivity contribution is 6.35. The van der Waals surface area contributed by atoms with E-state index in [1.165, 1.54) is 25.1 Å². The zero-order valence-corrected chi connectivity index (χ0v) is 12.0. The molecule has 98 valence electrons. The van der Waals surface area contributed by atoms with Crippen LogP contribution in [0.3, 0.4) is 0 Å². The normalized spacial score (nSPS) is 11.8. The first-order valence-electron chi connectivity index (χ1n) is 6.24. The topological polar surface area (TPSA) is 26.3 Å². The Bertz CT molecular complexity index is 733. The molecule has 2 rings (SSSR count). The molecule has 5 heteroatoms. The number of hydrogen-bond acceptors (Lipinski definition) is 2. The van der Waals surface area contributed by atoms with Crippen molar-refractivity contribution in [2.75, 3.05) is 0 Å².